The van der Waals surface area contributed by atoms with Crippen molar-refractivity contribution in [1.29, 1.82) is 0 Å². The molecule has 2 N–H and O–H groups in total. The third kappa shape index (κ3) is 2.06. The lowest BCUT2D eigenvalue weighted by molar-refractivity contribution is -0.235. The second-order valence-electron chi connectivity index (χ2n) is 6.81. The van der Waals surface area contributed by atoms with Crippen molar-refractivity contribution in [3.63, 3.8) is 0 Å². The maximum Gasteiger partial charge on any atom is 0.201 e. The summed E-state index contributed by atoms with van der Waals surface area (Å²) in [5, 5.41) is 2.56. The summed E-state index contributed by atoms with van der Waals surface area (Å²) in [5.41, 5.74) is 7.66. The normalized spacial score (nSPS) is 34.7. The number of aromatic nitrogens is 1. The monoisotopic (exact) mass is 316 g/mol. The molecule has 0 amide bonds. The average molecular weight is 316 g/mol. The van der Waals surface area contributed by atoms with E-state index in [0.29, 0.717) is 5.92 Å². The van der Waals surface area contributed by atoms with Crippen molar-refractivity contribution in [1.82, 2.24) is 15.7 Å². The summed E-state index contributed by atoms with van der Waals surface area (Å²) in [6, 6.07) is 8.20. The Balaban J connectivity index is 1.33. The number of thiazole rings is 1. The zero-order chi connectivity index (χ0) is 14.6. The summed E-state index contributed by atoms with van der Waals surface area (Å²) in [6.45, 7) is 0.909. The minimum absolute atomic E-state index is 0.00481. The Morgan fingerprint density at radius 3 is 2.91 bits per heavy atom. The molecule has 1 aromatic heterocycles. The van der Waals surface area contributed by atoms with Crippen molar-refractivity contribution in [2.45, 2.75) is 37.7 Å². The Labute approximate surface area is 133 Å². The standard InChI is InChI=1S/C16H20N4OS/c1-2-4-14-13(3-1)18-15(22-14)19-20-17-10-16(21-20)9-11-5-7-12(16)8-6-11/h1-4,11-12,17H,5-10H2,(H,18,19). The predicted octanol–water partition coefficient (Wildman–Crippen LogP) is 3.32. The van der Waals surface area contributed by atoms with E-state index in [2.05, 4.69) is 21.9 Å². The molecule has 1 atom stereocenters. The number of anilines is 1. The summed E-state index contributed by atoms with van der Waals surface area (Å²) >= 11 is 1.65. The highest BCUT2D eigenvalue weighted by atomic mass is 32.1. The molecule has 1 unspecified atom stereocenters. The fraction of sp³-hybridized carbons (Fsp3) is 0.562. The van der Waals surface area contributed by atoms with Crippen LogP contribution in [0.1, 0.15) is 32.1 Å². The van der Waals surface area contributed by atoms with Crippen LogP contribution in [-0.4, -0.2) is 22.4 Å². The number of rotatable bonds is 2. The van der Waals surface area contributed by atoms with E-state index in [4.69, 9.17) is 4.84 Å². The van der Waals surface area contributed by atoms with Gasteiger partial charge < -0.3 is 0 Å². The third-order valence-electron chi connectivity index (χ3n) is 5.51. The number of hydrogen-bond acceptors (Lipinski definition) is 6. The molecule has 6 rings (SSSR count). The maximum atomic E-state index is 6.30. The van der Waals surface area contributed by atoms with Gasteiger partial charge in [0.1, 0.15) is 5.60 Å². The van der Waals surface area contributed by atoms with Crippen LogP contribution in [0.3, 0.4) is 0 Å². The zero-order valence-corrected chi connectivity index (χ0v) is 13.2. The molecule has 22 heavy (non-hydrogen) atoms. The Morgan fingerprint density at radius 1 is 1.27 bits per heavy atom. The van der Waals surface area contributed by atoms with Crippen LogP contribution in [0.25, 0.3) is 10.2 Å². The number of para-hydroxylation sites is 1. The Kier molecular flexibility index (Phi) is 2.95. The second-order valence-corrected chi connectivity index (χ2v) is 7.84. The van der Waals surface area contributed by atoms with Crippen LogP contribution >= 0.6 is 11.3 Å². The van der Waals surface area contributed by atoms with Crippen molar-refractivity contribution in [2.24, 2.45) is 11.8 Å². The summed E-state index contributed by atoms with van der Waals surface area (Å²) in [5.74, 6) is 1.56. The molecule has 1 saturated heterocycles. The molecule has 0 radical (unpaired) electrons. The SMILES string of the molecule is c1ccc2sc(NN3NCC4(CC5CCC4CC5)O3)nc2c1. The Hall–Kier alpha value is -1.21. The summed E-state index contributed by atoms with van der Waals surface area (Å²) in [7, 11) is 0. The van der Waals surface area contributed by atoms with Crippen LogP contribution in [0.4, 0.5) is 5.13 Å². The fourth-order valence-corrected chi connectivity index (χ4v) is 5.24. The van der Waals surface area contributed by atoms with Gasteiger partial charge >= 0.3 is 0 Å². The Morgan fingerprint density at radius 2 is 2.14 bits per heavy atom. The van der Waals surface area contributed by atoms with Crippen LogP contribution in [0.2, 0.25) is 0 Å². The number of hydrogen-bond donors (Lipinski definition) is 2. The molecule has 4 aliphatic rings. The first-order valence-electron chi connectivity index (χ1n) is 8.16. The highest BCUT2D eigenvalue weighted by molar-refractivity contribution is 7.22. The third-order valence-corrected chi connectivity index (χ3v) is 6.45. The highest BCUT2D eigenvalue weighted by Crippen LogP contribution is 2.50. The second kappa shape index (κ2) is 4.89. The van der Waals surface area contributed by atoms with Crippen LogP contribution in [0.5, 0.6) is 0 Å². The first-order valence-corrected chi connectivity index (χ1v) is 8.97. The maximum absolute atomic E-state index is 6.30. The molecule has 4 fully saturated rings. The molecule has 1 aromatic carbocycles. The van der Waals surface area contributed by atoms with E-state index in [0.717, 1.165) is 23.1 Å². The topological polar surface area (TPSA) is 49.4 Å². The van der Waals surface area contributed by atoms with Gasteiger partial charge in [-0.3, -0.25) is 10.3 Å². The van der Waals surface area contributed by atoms with E-state index < -0.39 is 0 Å². The van der Waals surface area contributed by atoms with Gasteiger partial charge in [-0.2, -0.15) is 0 Å². The van der Waals surface area contributed by atoms with Gasteiger partial charge in [0.2, 0.25) is 5.13 Å². The van der Waals surface area contributed by atoms with Gasteiger partial charge in [-0.05, 0) is 61.4 Å². The lowest BCUT2D eigenvalue weighted by Crippen LogP contribution is -2.50. The van der Waals surface area contributed by atoms with Gasteiger partial charge in [0, 0.05) is 6.54 Å². The Bertz CT molecular complexity index is 663. The first-order chi connectivity index (χ1) is 10.8. The van der Waals surface area contributed by atoms with E-state index in [-0.39, 0.29) is 5.60 Å². The minimum Gasteiger partial charge on any atom is -0.257 e. The molecular weight excluding hydrogens is 296 g/mol. The molecular formula is C16H20N4OS. The van der Waals surface area contributed by atoms with Gasteiger partial charge in [0.15, 0.2) is 0 Å². The molecule has 3 aliphatic carbocycles. The summed E-state index contributed by atoms with van der Waals surface area (Å²) in [4.78, 5) is 10.9. The molecule has 1 spiro atoms. The van der Waals surface area contributed by atoms with Crippen molar-refractivity contribution in [3.8, 4) is 0 Å². The van der Waals surface area contributed by atoms with Gasteiger partial charge in [0.05, 0.1) is 10.2 Å². The van der Waals surface area contributed by atoms with E-state index >= 15 is 0 Å². The smallest absolute Gasteiger partial charge is 0.201 e. The summed E-state index contributed by atoms with van der Waals surface area (Å²) < 4.78 is 1.19. The zero-order valence-electron chi connectivity index (χ0n) is 12.4. The average Bonchev–Trinajstić information content (AvgIpc) is 3.12. The molecule has 5 nitrogen and oxygen atoms in total. The lowest BCUT2D eigenvalue weighted by Gasteiger charge is -2.47. The van der Waals surface area contributed by atoms with Crippen LogP contribution < -0.4 is 10.9 Å². The number of fused-ring (bicyclic) bond motifs is 3. The van der Waals surface area contributed by atoms with Gasteiger partial charge in [-0.15, -0.1) is 0 Å². The van der Waals surface area contributed by atoms with Gasteiger partial charge in [-0.1, -0.05) is 23.5 Å². The first kappa shape index (κ1) is 13.2. The number of hydrazine groups is 2. The number of benzene rings is 1. The number of nitrogens with one attached hydrogen (secondary N) is 2. The molecule has 1 aliphatic heterocycles. The minimum atomic E-state index is 0.00481. The van der Waals surface area contributed by atoms with Crippen molar-refractivity contribution >= 4 is 26.7 Å². The van der Waals surface area contributed by atoms with Gasteiger partial charge in [0.25, 0.3) is 0 Å². The summed E-state index contributed by atoms with van der Waals surface area (Å²) in [6.07, 6.45) is 6.62. The fourth-order valence-electron chi connectivity index (χ4n) is 4.40. The van der Waals surface area contributed by atoms with Crippen molar-refractivity contribution < 1.29 is 4.84 Å². The van der Waals surface area contributed by atoms with E-state index in [1.54, 1.807) is 16.6 Å². The van der Waals surface area contributed by atoms with Crippen molar-refractivity contribution in [2.75, 3.05) is 12.0 Å². The van der Waals surface area contributed by atoms with Crippen LogP contribution in [0.15, 0.2) is 24.3 Å². The molecule has 2 aromatic rings. The van der Waals surface area contributed by atoms with E-state index in [1.165, 1.54) is 36.8 Å². The van der Waals surface area contributed by atoms with Crippen LogP contribution in [0, 0.1) is 11.8 Å². The largest absolute Gasteiger partial charge is 0.257 e. The molecule has 116 valence electrons. The quantitative estimate of drug-likeness (QED) is 0.890. The lowest BCUT2D eigenvalue weighted by atomic mass is 9.62. The van der Waals surface area contributed by atoms with E-state index in [9.17, 15) is 0 Å². The predicted molar refractivity (Wildman–Crippen MR) is 87.0 cm³/mol. The molecule has 6 heteroatoms. The van der Waals surface area contributed by atoms with Crippen molar-refractivity contribution in [3.05, 3.63) is 24.3 Å². The number of nitrogens with zero attached hydrogens (tertiary/aromatic N) is 2. The molecule has 3 saturated carbocycles. The highest BCUT2D eigenvalue weighted by Gasteiger charge is 2.52. The van der Waals surface area contributed by atoms with E-state index in [1.807, 2.05) is 18.2 Å². The van der Waals surface area contributed by atoms with Gasteiger partial charge in [-0.25, -0.2) is 10.4 Å². The molecule has 2 heterocycles. The van der Waals surface area contributed by atoms with Crippen LogP contribution in [-0.2, 0) is 4.84 Å². The molecule has 2 bridgehead atoms.